The lowest BCUT2D eigenvalue weighted by Crippen LogP contribution is -2.09. The van der Waals surface area contributed by atoms with Crippen LogP contribution < -0.4 is 10.2 Å². The van der Waals surface area contributed by atoms with E-state index in [0.29, 0.717) is 18.1 Å². The quantitative estimate of drug-likeness (QED) is 0.317. The maximum Gasteiger partial charge on any atom is 0.223 e. The highest BCUT2D eigenvalue weighted by Gasteiger charge is 2.17. The molecule has 7 heteroatoms. The van der Waals surface area contributed by atoms with Gasteiger partial charge in [0, 0.05) is 34.2 Å². The monoisotopic (exact) mass is 423 g/mol. The molecule has 0 bridgehead atoms. The molecule has 0 unspecified atom stereocenters. The SMILES string of the molecule is CCCOc1c[nH]c(CSc2ncnc3sc(C)c(-c4ccccc4)c23)cc1=O. The molecule has 3 heterocycles. The molecular formula is C22H21N3O2S2. The second-order valence-electron chi connectivity index (χ2n) is 6.58. The maximum atomic E-state index is 12.2. The van der Waals surface area contributed by atoms with Gasteiger partial charge in [-0.1, -0.05) is 49.0 Å². The normalized spacial score (nSPS) is 11.1. The van der Waals surface area contributed by atoms with E-state index in [4.69, 9.17) is 4.74 Å². The average molecular weight is 424 g/mol. The smallest absolute Gasteiger partial charge is 0.223 e. The standard InChI is InChI=1S/C22H21N3O2S2/c1-3-9-27-18-11-23-16(10-17(18)26)12-28-21-20-19(15-7-5-4-6-8-15)14(2)29-22(20)25-13-24-21/h4-8,10-11,13H,3,9,12H2,1-2H3,(H,23,26). The fourth-order valence-corrected chi connectivity index (χ4v) is 5.14. The highest BCUT2D eigenvalue weighted by atomic mass is 32.2. The van der Waals surface area contributed by atoms with Gasteiger partial charge in [-0.25, -0.2) is 9.97 Å². The number of rotatable bonds is 7. The van der Waals surface area contributed by atoms with Crippen molar-refractivity contribution in [3.63, 3.8) is 0 Å². The molecule has 1 N–H and O–H groups in total. The number of ether oxygens (including phenoxy) is 1. The van der Waals surface area contributed by atoms with Crippen LogP contribution in [0.15, 0.2) is 58.7 Å². The van der Waals surface area contributed by atoms with Crippen LogP contribution in [0.5, 0.6) is 5.75 Å². The Labute approximate surface area is 177 Å². The second-order valence-corrected chi connectivity index (χ2v) is 8.75. The van der Waals surface area contributed by atoms with Crippen LogP contribution in [0.1, 0.15) is 23.9 Å². The van der Waals surface area contributed by atoms with Crippen molar-refractivity contribution in [2.24, 2.45) is 0 Å². The molecule has 0 radical (unpaired) electrons. The molecule has 0 saturated heterocycles. The summed E-state index contributed by atoms with van der Waals surface area (Å²) < 4.78 is 5.46. The van der Waals surface area contributed by atoms with Crippen molar-refractivity contribution >= 4 is 33.3 Å². The molecule has 0 aliphatic carbocycles. The molecule has 0 fully saturated rings. The van der Waals surface area contributed by atoms with Crippen molar-refractivity contribution in [1.29, 1.82) is 0 Å². The third-order valence-corrected chi connectivity index (χ3v) is 6.51. The number of thiophene rings is 1. The van der Waals surface area contributed by atoms with Crippen molar-refractivity contribution in [1.82, 2.24) is 15.0 Å². The van der Waals surface area contributed by atoms with Crippen molar-refractivity contribution in [3.8, 4) is 16.9 Å². The van der Waals surface area contributed by atoms with Gasteiger partial charge in [0.2, 0.25) is 5.43 Å². The van der Waals surface area contributed by atoms with Gasteiger partial charge in [0.25, 0.3) is 0 Å². The average Bonchev–Trinajstić information content (AvgIpc) is 3.08. The number of H-pyrrole nitrogens is 1. The Balaban J connectivity index is 1.64. The van der Waals surface area contributed by atoms with Gasteiger partial charge in [0.05, 0.1) is 12.0 Å². The highest BCUT2D eigenvalue weighted by Crippen LogP contribution is 2.41. The summed E-state index contributed by atoms with van der Waals surface area (Å²) in [4.78, 5) is 26.6. The van der Waals surface area contributed by atoms with Crippen LogP contribution in [0.3, 0.4) is 0 Å². The molecule has 3 aromatic heterocycles. The summed E-state index contributed by atoms with van der Waals surface area (Å²) in [6.07, 6.45) is 4.12. The zero-order valence-corrected chi connectivity index (χ0v) is 17.9. The van der Waals surface area contributed by atoms with E-state index in [2.05, 4.69) is 34.0 Å². The van der Waals surface area contributed by atoms with E-state index in [1.54, 1.807) is 41.7 Å². The minimum Gasteiger partial charge on any atom is -0.488 e. The van der Waals surface area contributed by atoms with E-state index < -0.39 is 0 Å². The van der Waals surface area contributed by atoms with E-state index in [1.165, 1.54) is 16.0 Å². The summed E-state index contributed by atoms with van der Waals surface area (Å²) in [6.45, 7) is 4.67. The topological polar surface area (TPSA) is 67.9 Å². The van der Waals surface area contributed by atoms with Crippen LogP contribution in [0.4, 0.5) is 0 Å². The van der Waals surface area contributed by atoms with Crippen molar-refractivity contribution < 1.29 is 4.74 Å². The molecule has 0 saturated carbocycles. The number of aromatic nitrogens is 3. The summed E-state index contributed by atoms with van der Waals surface area (Å²) in [5.74, 6) is 0.975. The number of hydrogen-bond donors (Lipinski definition) is 1. The molecule has 29 heavy (non-hydrogen) atoms. The molecule has 4 aromatic rings. The molecular weight excluding hydrogens is 402 g/mol. The Bertz CT molecular complexity index is 1190. The Morgan fingerprint density at radius 3 is 2.79 bits per heavy atom. The van der Waals surface area contributed by atoms with Crippen LogP contribution in [0.25, 0.3) is 21.3 Å². The number of aryl methyl sites for hydroxylation is 1. The van der Waals surface area contributed by atoms with Gasteiger partial charge in [-0.05, 0) is 18.9 Å². The third kappa shape index (κ3) is 4.21. The minimum atomic E-state index is -0.100. The summed E-state index contributed by atoms with van der Waals surface area (Å²) in [5.41, 5.74) is 3.09. The van der Waals surface area contributed by atoms with Gasteiger partial charge < -0.3 is 9.72 Å². The highest BCUT2D eigenvalue weighted by molar-refractivity contribution is 7.98. The second kappa shape index (κ2) is 8.80. The number of thioether (sulfide) groups is 1. The Hall–Kier alpha value is -2.64. The van der Waals surface area contributed by atoms with Crippen LogP contribution >= 0.6 is 23.1 Å². The number of nitrogens with one attached hydrogen (secondary N) is 1. The van der Waals surface area contributed by atoms with E-state index in [-0.39, 0.29) is 5.43 Å². The lowest BCUT2D eigenvalue weighted by molar-refractivity contribution is 0.313. The molecule has 1 aromatic carbocycles. The molecule has 0 aliphatic rings. The summed E-state index contributed by atoms with van der Waals surface area (Å²) >= 11 is 3.28. The number of hydrogen-bond acceptors (Lipinski definition) is 6. The maximum absolute atomic E-state index is 12.2. The largest absolute Gasteiger partial charge is 0.488 e. The number of aromatic amines is 1. The minimum absolute atomic E-state index is 0.100. The third-order valence-electron chi connectivity index (χ3n) is 4.45. The summed E-state index contributed by atoms with van der Waals surface area (Å²) in [7, 11) is 0. The molecule has 5 nitrogen and oxygen atoms in total. The van der Waals surface area contributed by atoms with Gasteiger partial charge in [0.15, 0.2) is 5.75 Å². The van der Waals surface area contributed by atoms with E-state index >= 15 is 0 Å². The van der Waals surface area contributed by atoms with E-state index in [1.807, 2.05) is 25.1 Å². The van der Waals surface area contributed by atoms with Gasteiger partial charge >= 0.3 is 0 Å². The molecule has 4 rings (SSSR count). The molecule has 0 spiro atoms. The van der Waals surface area contributed by atoms with Gasteiger partial charge in [0.1, 0.15) is 16.2 Å². The first-order chi connectivity index (χ1) is 14.2. The number of nitrogens with zero attached hydrogens (tertiary/aromatic N) is 2. The van der Waals surface area contributed by atoms with Crippen LogP contribution in [-0.4, -0.2) is 21.6 Å². The fraction of sp³-hybridized carbons (Fsp3) is 0.227. The lowest BCUT2D eigenvalue weighted by atomic mass is 10.0. The Kier molecular flexibility index (Phi) is 5.97. The molecule has 148 valence electrons. The number of pyridine rings is 1. The molecule has 0 amide bonds. The first-order valence-corrected chi connectivity index (χ1v) is 11.2. The van der Waals surface area contributed by atoms with E-state index in [0.717, 1.165) is 27.4 Å². The summed E-state index contributed by atoms with van der Waals surface area (Å²) in [5, 5.41) is 2.00. The zero-order chi connectivity index (χ0) is 20.2. The van der Waals surface area contributed by atoms with Crippen molar-refractivity contribution in [2.75, 3.05) is 6.61 Å². The van der Waals surface area contributed by atoms with Gasteiger partial charge in [-0.2, -0.15) is 0 Å². The van der Waals surface area contributed by atoms with Crippen LogP contribution in [-0.2, 0) is 5.75 Å². The van der Waals surface area contributed by atoms with Gasteiger partial charge in [-0.3, -0.25) is 4.79 Å². The van der Waals surface area contributed by atoms with E-state index in [9.17, 15) is 4.79 Å². The number of fused-ring (bicyclic) bond motifs is 1. The van der Waals surface area contributed by atoms with Crippen LogP contribution in [0, 0.1) is 6.92 Å². The fourth-order valence-electron chi connectivity index (χ4n) is 3.13. The van der Waals surface area contributed by atoms with Crippen molar-refractivity contribution in [2.45, 2.75) is 31.0 Å². The Morgan fingerprint density at radius 2 is 2.03 bits per heavy atom. The van der Waals surface area contributed by atoms with Crippen LogP contribution in [0.2, 0.25) is 0 Å². The lowest BCUT2D eigenvalue weighted by Gasteiger charge is -2.07. The molecule has 0 atom stereocenters. The predicted molar refractivity (Wildman–Crippen MR) is 120 cm³/mol. The first kappa shape index (κ1) is 19.7. The first-order valence-electron chi connectivity index (χ1n) is 9.44. The Morgan fingerprint density at radius 1 is 1.21 bits per heavy atom. The predicted octanol–water partition coefficient (Wildman–Crippen LogP) is 5.44. The molecule has 0 aliphatic heterocycles. The van der Waals surface area contributed by atoms with Crippen molar-refractivity contribution in [3.05, 3.63) is 69.7 Å². The van der Waals surface area contributed by atoms with Gasteiger partial charge in [-0.15, -0.1) is 11.3 Å². The number of benzene rings is 1. The zero-order valence-electron chi connectivity index (χ0n) is 16.3. The summed E-state index contributed by atoms with van der Waals surface area (Å²) in [6, 6.07) is 11.9.